The van der Waals surface area contributed by atoms with E-state index in [9.17, 15) is 0 Å². The second kappa shape index (κ2) is 25.4. The van der Waals surface area contributed by atoms with Crippen LogP contribution in [-0.4, -0.2) is 231 Å². The lowest BCUT2D eigenvalue weighted by Crippen LogP contribution is -2.80. The molecule has 382 valence electrons. The lowest BCUT2D eigenvalue weighted by atomic mass is 8.66. The van der Waals surface area contributed by atoms with E-state index in [2.05, 4.69) is 242 Å². The van der Waals surface area contributed by atoms with Crippen molar-refractivity contribution in [3.05, 3.63) is 89.0 Å². The Hall–Kier alpha value is -2.34. The molecule has 0 saturated carbocycles. The fourth-order valence-electron chi connectivity index (χ4n) is 17.5. The van der Waals surface area contributed by atoms with Gasteiger partial charge in [0.25, 0.3) is 0 Å². The standard InChI is InChI=1S/C50H86B32/c1-17-18(2)24(8)34-31(15)35(30(14)29(13)33(34)23(17)7)41-36-25(9)19(3)21(5)27(11)38(36)42(39-28(12)22(6)20(4)26(10)37(39)41)43-45(68-51)32(16)40-44(46(43)72(55)69-52)47(73(56)77(57)58)49(74(70-53)78(59)60)50(75(79(61)62)80(63)64)48(40)76(81(65)66)82(67)71-54/h68-71H,51-67H2,1-16H3. The number of fused-ring (bicyclic) bond motifs is 4. The molecule has 0 unspecified atom stereocenters. The summed E-state index contributed by atoms with van der Waals surface area (Å²) in [5.74, 6) is 0. The summed E-state index contributed by atoms with van der Waals surface area (Å²) in [6, 6.07) is 0. The number of hydrogen-bond acceptors (Lipinski definition) is 0. The number of benzene rings is 7. The second-order valence-electron chi connectivity index (χ2n) is 29.2. The summed E-state index contributed by atoms with van der Waals surface area (Å²) < 4.78 is 0. The van der Waals surface area contributed by atoms with Crippen LogP contribution in [0.25, 0.3) is 65.3 Å². The predicted octanol–water partition coefficient (Wildman–Crippen LogP) is -12.7. The van der Waals surface area contributed by atoms with Crippen LogP contribution in [0.2, 0.25) is 0 Å². The quantitative estimate of drug-likeness (QED) is 0.0630. The van der Waals surface area contributed by atoms with Crippen LogP contribution in [0.15, 0.2) is 0 Å². The number of hydrogen-bond donors (Lipinski definition) is 0. The highest BCUT2D eigenvalue weighted by Gasteiger charge is 2.44. The van der Waals surface area contributed by atoms with Crippen molar-refractivity contribution in [2.45, 2.75) is 111 Å². The molecule has 0 spiro atoms. The molecule has 0 aliphatic rings. The van der Waals surface area contributed by atoms with Crippen LogP contribution in [0.5, 0.6) is 0 Å². The highest BCUT2D eigenvalue weighted by Crippen LogP contribution is 2.53. The minimum Gasteiger partial charge on any atom is -0.113 e. The van der Waals surface area contributed by atoms with E-state index in [1.165, 1.54) is 140 Å². The molecular formula is C50H86B32. The van der Waals surface area contributed by atoms with Crippen LogP contribution in [0.3, 0.4) is 0 Å². The fourth-order valence-corrected chi connectivity index (χ4v) is 17.5. The van der Waals surface area contributed by atoms with Crippen LogP contribution in [0, 0.1) is 111 Å². The van der Waals surface area contributed by atoms with E-state index in [4.69, 9.17) is 0 Å². The van der Waals surface area contributed by atoms with Crippen molar-refractivity contribution >= 4 is 307 Å². The molecule has 0 radical (unpaired) electrons. The maximum Gasteiger partial charge on any atom is 0.120 e. The van der Waals surface area contributed by atoms with Gasteiger partial charge in [-0.2, -0.15) is 0 Å². The maximum atomic E-state index is 2.65. The van der Waals surface area contributed by atoms with E-state index < -0.39 is 0 Å². The first-order chi connectivity index (χ1) is 38.2. The van der Waals surface area contributed by atoms with Gasteiger partial charge in [0.1, 0.15) is 7.17 Å². The molecule has 0 nitrogen and oxygen atoms in total. The van der Waals surface area contributed by atoms with Gasteiger partial charge in [-0.05, 0) is 260 Å². The smallest absolute Gasteiger partial charge is 0.113 e. The minimum atomic E-state index is 0.301. The highest BCUT2D eigenvalue weighted by atomic mass is 14.3. The zero-order valence-corrected chi connectivity index (χ0v) is 59.2. The van der Waals surface area contributed by atoms with Crippen molar-refractivity contribution in [3.63, 3.8) is 0 Å². The Labute approximate surface area is 524 Å². The summed E-state index contributed by atoms with van der Waals surface area (Å²) in [5.41, 5.74) is 39.2. The lowest BCUT2D eigenvalue weighted by Gasteiger charge is -2.42. The van der Waals surface area contributed by atoms with Gasteiger partial charge in [-0.3, -0.25) is 0 Å². The van der Waals surface area contributed by atoms with Crippen molar-refractivity contribution in [3.8, 4) is 22.3 Å². The van der Waals surface area contributed by atoms with Crippen molar-refractivity contribution in [1.82, 2.24) is 0 Å². The summed E-state index contributed by atoms with van der Waals surface area (Å²) in [6.07, 6.45) is 2.96. The molecule has 0 bridgehead atoms. The first kappa shape index (κ1) is 67.2. The number of rotatable bonds is 17. The third-order valence-corrected chi connectivity index (χ3v) is 23.6. The van der Waals surface area contributed by atoms with E-state index in [0.29, 0.717) is 70.8 Å². The van der Waals surface area contributed by atoms with Gasteiger partial charge in [0, 0.05) is 45.4 Å². The van der Waals surface area contributed by atoms with Gasteiger partial charge < -0.3 is 0 Å². The molecular weight excluding hydrogens is 947 g/mol. The van der Waals surface area contributed by atoms with Gasteiger partial charge in [0.2, 0.25) is 0 Å². The van der Waals surface area contributed by atoms with E-state index in [1.54, 1.807) is 54.7 Å². The highest BCUT2D eigenvalue weighted by molar-refractivity contribution is 7.89. The van der Waals surface area contributed by atoms with Crippen molar-refractivity contribution in [2.75, 3.05) is 0 Å². The molecule has 0 aliphatic heterocycles. The molecule has 32 heteroatoms. The molecule has 82 heavy (non-hydrogen) atoms. The Balaban J connectivity index is 2.06. The topological polar surface area (TPSA) is 0 Å². The van der Waals surface area contributed by atoms with E-state index >= 15 is 0 Å². The summed E-state index contributed by atoms with van der Waals surface area (Å²) in [7, 11) is 47.9. The largest absolute Gasteiger partial charge is 0.120 e. The zero-order chi connectivity index (χ0) is 61.8. The summed E-state index contributed by atoms with van der Waals surface area (Å²) >= 11 is 0. The Morgan fingerprint density at radius 1 is 0.256 bits per heavy atom. The lowest BCUT2D eigenvalue weighted by molar-refractivity contribution is 1.22. The van der Waals surface area contributed by atoms with Crippen molar-refractivity contribution < 1.29 is 0 Å². The molecule has 0 atom stereocenters. The third-order valence-electron chi connectivity index (χ3n) is 23.6. The van der Waals surface area contributed by atoms with E-state index in [1.807, 2.05) is 0 Å². The third kappa shape index (κ3) is 10.4. The molecule has 0 heterocycles. The minimum absolute atomic E-state index is 0.301. The Morgan fingerprint density at radius 3 is 0.976 bits per heavy atom. The van der Waals surface area contributed by atoms with Crippen molar-refractivity contribution in [1.29, 1.82) is 0 Å². The Bertz CT molecular complexity index is 3650. The molecule has 0 amide bonds. The predicted molar refractivity (Wildman–Crippen MR) is 458 cm³/mol. The fraction of sp³-hybridized carbons (Fsp3) is 0.320. The molecule has 7 aromatic rings. The molecule has 7 rings (SSSR count). The average Bonchev–Trinajstić information content (AvgIpc) is 3.61. The Morgan fingerprint density at radius 2 is 0.634 bits per heavy atom. The summed E-state index contributed by atoms with van der Waals surface area (Å²) in [6.45, 7) is 41.2. The number of aryl methyl sites for hydroxylation is 9. The second-order valence-corrected chi connectivity index (χ2v) is 29.2. The Kier molecular flexibility index (Phi) is 20.8. The first-order valence-corrected chi connectivity index (χ1v) is 33.4. The normalized spacial score (nSPS) is 11.3. The maximum absolute atomic E-state index is 2.65. The van der Waals surface area contributed by atoms with Crippen LogP contribution in [-0.2, 0) is 0 Å². The average molecular weight is 1030 g/mol. The van der Waals surface area contributed by atoms with Gasteiger partial charge in [0.05, 0.1) is 178 Å². The van der Waals surface area contributed by atoms with Crippen LogP contribution >= 0.6 is 0 Å². The summed E-state index contributed by atoms with van der Waals surface area (Å²) in [5, 5.41) is 12.1. The monoisotopic (exact) mass is 1040 g/mol. The van der Waals surface area contributed by atoms with Gasteiger partial charge in [-0.15, -0.1) is 10.9 Å². The zero-order valence-electron chi connectivity index (χ0n) is 59.2. The molecule has 0 aliphatic carbocycles. The van der Waals surface area contributed by atoms with Crippen LogP contribution < -0.4 is 32.8 Å². The van der Waals surface area contributed by atoms with Gasteiger partial charge >= 0.3 is 0 Å². The van der Waals surface area contributed by atoms with Crippen LogP contribution in [0.4, 0.5) is 0 Å². The molecule has 0 N–H and O–H groups in total. The van der Waals surface area contributed by atoms with Gasteiger partial charge in [-0.25, -0.2) is 0 Å². The van der Waals surface area contributed by atoms with Gasteiger partial charge in [0.15, 0.2) is 0 Å². The SMILES string of the molecule is BBB(B)B(B(B)B)c1c(B(B(B)B)B(B)B)c(B(BB)B(B)B)c(B(B)B(B)B)c2c(B(B)BB)c(-c3c4c(C)c(C)c(C)c(C)c4c(-c4c(C)c(C)c5c(C)c(C)c(C)c(C)c5c4C)c4c(C)c(C)c(C)c(C)c34)c(BB)c(C)c12. The first-order valence-electron chi connectivity index (χ1n) is 33.4. The molecule has 7 aromatic carbocycles. The molecule has 0 fully saturated rings. The molecule has 0 aromatic heterocycles. The van der Waals surface area contributed by atoms with Gasteiger partial charge in [-0.1, -0.05) is 27.4 Å². The molecule has 0 saturated heterocycles. The van der Waals surface area contributed by atoms with Crippen LogP contribution in [0.1, 0.15) is 89.0 Å². The van der Waals surface area contributed by atoms with E-state index in [0.717, 1.165) is 21.3 Å². The van der Waals surface area contributed by atoms with E-state index in [-0.39, 0.29) is 0 Å². The summed E-state index contributed by atoms with van der Waals surface area (Å²) in [4.78, 5) is 0. The van der Waals surface area contributed by atoms with Crippen molar-refractivity contribution in [2.24, 2.45) is 0 Å².